The van der Waals surface area contributed by atoms with Crippen molar-refractivity contribution in [2.24, 2.45) is 0 Å². The first-order valence-electron chi connectivity index (χ1n) is 9.61. The highest BCUT2D eigenvalue weighted by atomic mass is 16.7. The molecule has 0 spiro atoms. The van der Waals surface area contributed by atoms with Crippen molar-refractivity contribution in [3.63, 3.8) is 0 Å². The zero-order valence-corrected chi connectivity index (χ0v) is 18.9. The third-order valence-electron chi connectivity index (χ3n) is 5.75. The minimum Gasteiger partial charge on any atom is -0.497 e. The number of rotatable bonds is 4. The fraction of sp³-hybridized carbons (Fsp3) is 0.667. The van der Waals surface area contributed by atoms with Crippen LogP contribution in [0.2, 0.25) is 0 Å². The molecule has 0 saturated carbocycles. The molecule has 7 heteroatoms. The van der Waals surface area contributed by atoms with Crippen LogP contribution < -0.4 is 4.74 Å². The molecule has 0 aromatic heterocycles. The summed E-state index contributed by atoms with van der Waals surface area (Å²) in [4.78, 5) is 14.5. The summed E-state index contributed by atoms with van der Waals surface area (Å²) in [6.07, 6.45) is -0.444. The summed E-state index contributed by atoms with van der Waals surface area (Å²) >= 11 is 0. The van der Waals surface area contributed by atoms with Crippen LogP contribution in [0.25, 0.3) is 0 Å². The number of benzene rings is 1. The Morgan fingerprint density at radius 1 is 1.00 bits per heavy atom. The van der Waals surface area contributed by atoms with E-state index in [1.807, 2.05) is 79.7 Å². The summed E-state index contributed by atoms with van der Waals surface area (Å²) in [6, 6.07) is 7.57. The largest absolute Gasteiger partial charge is 0.497 e. The molecule has 0 aliphatic carbocycles. The van der Waals surface area contributed by atoms with Crippen molar-refractivity contribution in [2.75, 3.05) is 14.2 Å². The minimum atomic E-state index is -0.917. The molecule has 1 saturated heterocycles. The van der Waals surface area contributed by atoms with Gasteiger partial charge in [-0.2, -0.15) is 0 Å². The fourth-order valence-corrected chi connectivity index (χ4v) is 3.01. The molecule has 1 heterocycles. The van der Waals surface area contributed by atoms with Gasteiger partial charge in [-0.3, -0.25) is 0 Å². The van der Waals surface area contributed by atoms with Gasteiger partial charge in [0, 0.05) is 7.05 Å². The third kappa shape index (κ3) is 4.15. The molecule has 28 heavy (non-hydrogen) atoms. The molecule has 1 unspecified atom stereocenters. The van der Waals surface area contributed by atoms with Crippen molar-refractivity contribution < 1.29 is 23.6 Å². The molecule has 1 aromatic carbocycles. The standard InChI is InChI=1S/C21H34BNO5/c1-18(2,3)26-17(24)23(9)21(8,15-11-13-16(25-10)14-12-15)22-27-19(4,5)20(6,7)28-22/h11-14H,1-10H3. The van der Waals surface area contributed by atoms with Gasteiger partial charge in [0.15, 0.2) is 0 Å². The van der Waals surface area contributed by atoms with Gasteiger partial charge in [0.2, 0.25) is 0 Å². The van der Waals surface area contributed by atoms with Gasteiger partial charge in [0.25, 0.3) is 0 Å². The third-order valence-corrected chi connectivity index (χ3v) is 5.75. The Morgan fingerprint density at radius 2 is 1.46 bits per heavy atom. The smallest absolute Gasteiger partial charge is 0.490 e. The lowest BCUT2D eigenvalue weighted by Crippen LogP contribution is -2.57. The van der Waals surface area contributed by atoms with Gasteiger partial charge in [-0.15, -0.1) is 0 Å². The lowest BCUT2D eigenvalue weighted by Gasteiger charge is -2.41. The van der Waals surface area contributed by atoms with Crippen LogP contribution in [0.15, 0.2) is 24.3 Å². The van der Waals surface area contributed by atoms with E-state index >= 15 is 0 Å². The van der Waals surface area contributed by atoms with Crippen molar-refractivity contribution in [1.29, 1.82) is 0 Å². The van der Waals surface area contributed by atoms with E-state index in [4.69, 9.17) is 18.8 Å². The van der Waals surface area contributed by atoms with Crippen LogP contribution in [0.4, 0.5) is 4.79 Å². The number of hydrogen-bond donors (Lipinski definition) is 0. The van der Waals surface area contributed by atoms with Crippen molar-refractivity contribution >= 4 is 13.2 Å². The van der Waals surface area contributed by atoms with Crippen LogP contribution in [-0.4, -0.2) is 49.1 Å². The van der Waals surface area contributed by atoms with E-state index in [1.165, 1.54) is 0 Å². The van der Waals surface area contributed by atoms with Gasteiger partial charge in [-0.25, -0.2) is 4.79 Å². The molecule has 1 atom stereocenters. The molecule has 1 aromatic rings. The summed E-state index contributed by atoms with van der Waals surface area (Å²) in [5, 5.41) is 0. The van der Waals surface area contributed by atoms with E-state index in [-0.39, 0.29) is 0 Å². The van der Waals surface area contributed by atoms with Crippen LogP contribution >= 0.6 is 0 Å². The number of carbonyl (C=O) groups excluding carboxylic acids is 1. The average molecular weight is 391 g/mol. The van der Waals surface area contributed by atoms with Crippen molar-refractivity contribution in [3.05, 3.63) is 29.8 Å². The maximum atomic E-state index is 12.9. The Balaban J connectivity index is 2.50. The number of amides is 1. The Bertz CT molecular complexity index is 695. The zero-order valence-electron chi connectivity index (χ0n) is 18.9. The van der Waals surface area contributed by atoms with Crippen molar-refractivity contribution in [2.45, 2.75) is 77.6 Å². The molecular weight excluding hydrogens is 357 g/mol. The van der Waals surface area contributed by atoms with Gasteiger partial charge in [-0.05, 0) is 73.1 Å². The molecule has 2 rings (SSSR count). The molecular formula is C21H34BNO5. The molecule has 1 fully saturated rings. The quantitative estimate of drug-likeness (QED) is 0.712. The van der Waals surface area contributed by atoms with Gasteiger partial charge >= 0.3 is 13.2 Å². The molecule has 0 N–H and O–H groups in total. The maximum Gasteiger partial charge on any atom is 0.490 e. The first-order valence-corrected chi connectivity index (χ1v) is 9.61. The van der Waals surface area contributed by atoms with Crippen LogP contribution in [0.5, 0.6) is 5.75 Å². The van der Waals surface area contributed by atoms with Crippen LogP contribution in [0, 0.1) is 0 Å². The van der Waals surface area contributed by atoms with Gasteiger partial charge in [0.05, 0.1) is 18.3 Å². The normalized spacial score (nSPS) is 20.4. The molecule has 1 amide bonds. The van der Waals surface area contributed by atoms with E-state index in [1.54, 1.807) is 19.1 Å². The zero-order chi connectivity index (χ0) is 21.5. The van der Waals surface area contributed by atoms with Gasteiger partial charge in [-0.1, -0.05) is 12.1 Å². The van der Waals surface area contributed by atoms with Crippen LogP contribution in [0.3, 0.4) is 0 Å². The van der Waals surface area contributed by atoms with Gasteiger partial charge in [0.1, 0.15) is 16.8 Å². The summed E-state index contributed by atoms with van der Waals surface area (Å²) in [6.45, 7) is 15.4. The van der Waals surface area contributed by atoms with E-state index in [0.29, 0.717) is 0 Å². The fourth-order valence-electron chi connectivity index (χ4n) is 3.01. The first-order chi connectivity index (χ1) is 12.6. The molecule has 0 bridgehead atoms. The second-order valence-electron chi connectivity index (χ2n) is 9.50. The summed E-state index contributed by atoms with van der Waals surface area (Å²) in [5.74, 6) is 0.736. The number of carbonyl (C=O) groups is 1. The molecule has 0 radical (unpaired) electrons. The topological polar surface area (TPSA) is 57.2 Å². The average Bonchev–Trinajstić information content (AvgIpc) is 2.80. The Morgan fingerprint density at radius 3 is 1.86 bits per heavy atom. The minimum absolute atomic E-state index is 0.444. The number of hydrogen-bond acceptors (Lipinski definition) is 5. The summed E-state index contributed by atoms with van der Waals surface area (Å²) in [7, 11) is 2.65. The number of ether oxygens (including phenoxy) is 2. The molecule has 1 aliphatic rings. The lowest BCUT2D eigenvalue weighted by molar-refractivity contribution is 0.00578. The first kappa shape index (κ1) is 22.6. The highest BCUT2D eigenvalue weighted by Crippen LogP contribution is 2.44. The van der Waals surface area contributed by atoms with Crippen molar-refractivity contribution in [1.82, 2.24) is 4.90 Å². The highest BCUT2D eigenvalue weighted by Gasteiger charge is 2.61. The highest BCUT2D eigenvalue weighted by molar-refractivity contribution is 6.49. The number of methoxy groups -OCH3 is 1. The maximum absolute atomic E-state index is 12.9. The predicted molar refractivity (Wildman–Crippen MR) is 110 cm³/mol. The SMILES string of the molecule is COc1ccc(C(C)(B2OC(C)(C)C(C)(C)O2)N(C)C(=O)OC(C)(C)C)cc1. The predicted octanol–water partition coefficient (Wildman–Crippen LogP) is 4.41. The molecule has 6 nitrogen and oxygen atoms in total. The number of nitrogens with zero attached hydrogens (tertiary/aromatic N) is 1. The van der Waals surface area contributed by atoms with Crippen LogP contribution in [-0.2, 0) is 19.5 Å². The summed E-state index contributed by atoms with van der Waals surface area (Å²) < 4.78 is 23.6. The Labute approximate surface area is 169 Å². The Kier molecular flexibility index (Phi) is 5.85. The molecule has 1 aliphatic heterocycles. The second kappa shape index (κ2) is 7.27. The Hall–Kier alpha value is -1.73. The monoisotopic (exact) mass is 391 g/mol. The van der Waals surface area contributed by atoms with E-state index in [0.717, 1.165) is 11.3 Å². The lowest BCUT2D eigenvalue weighted by atomic mass is 9.60. The van der Waals surface area contributed by atoms with E-state index in [9.17, 15) is 4.79 Å². The molecule has 156 valence electrons. The van der Waals surface area contributed by atoms with Crippen LogP contribution in [0.1, 0.15) is 61.0 Å². The van der Waals surface area contributed by atoms with Gasteiger partial charge < -0.3 is 23.7 Å². The van der Waals surface area contributed by atoms with E-state index < -0.39 is 35.5 Å². The van der Waals surface area contributed by atoms with Crippen molar-refractivity contribution in [3.8, 4) is 5.75 Å². The second-order valence-corrected chi connectivity index (χ2v) is 9.50. The van der Waals surface area contributed by atoms with E-state index in [2.05, 4.69) is 0 Å². The summed E-state index contributed by atoms with van der Waals surface area (Å²) in [5.41, 5.74) is -1.72.